The fraction of sp³-hybridized carbons (Fsp3) is 0.292. The first-order chi connectivity index (χ1) is 16.5. The summed E-state index contributed by atoms with van der Waals surface area (Å²) < 4.78 is 0. The Morgan fingerprint density at radius 1 is 1.00 bits per heavy atom. The Hall–Kier alpha value is -3.50. The van der Waals surface area contributed by atoms with E-state index in [4.69, 9.17) is 0 Å². The van der Waals surface area contributed by atoms with Gasteiger partial charge in [0.15, 0.2) is 5.16 Å². The maximum Gasteiger partial charge on any atom is 0.235 e. The number of para-hydroxylation sites is 2. The first-order valence-electron chi connectivity index (χ1n) is 11.1. The normalized spacial score (nSPS) is 11.2. The molecule has 0 saturated carbocycles. The van der Waals surface area contributed by atoms with Crippen molar-refractivity contribution in [3.63, 3.8) is 0 Å². The number of aromatic amines is 1. The van der Waals surface area contributed by atoms with Gasteiger partial charge in [-0.1, -0.05) is 31.2 Å². The van der Waals surface area contributed by atoms with Gasteiger partial charge in [0.1, 0.15) is 5.78 Å². The summed E-state index contributed by atoms with van der Waals surface area (Å²) >= 11 is 1.44. The number of H-pyrrole nitrogens is 1. The smallest absolute Gasteiger partial charge is 0.235 e. The Bertz CT molecular complexity index is 1220. The molecule has 0 unspecified atom stereocenters. The molecule has 34 heavy (non-hydrogen) atoms. The van der Waals surface area contributed by atoms with Crippen LogP contribution in [0, 0.1) is 0 Å². The molecule has 0 amide bonds. The highest BCUT2D eigenvalue weighted by Crippen LogP contribution is 2.27. The molecule has 10 heteroatoms. The van der Waals surface area contributed by atoms with Crippen molar-refractivity contribution in [2.24, 2.45) is 0 Å². The van der Waals surface area contributed by atoms with E-state index >= 15 is 0 Å². The standard InChI is InChI=1S/C24H28N8OS/c1-4-17(33)15-16-9-11-18(12-10-16)34-24-30-21(25-13-14-32(2)3)28-23(31-24)29-22-26-19-7-5-6-8-20(19)27-22/h5-12H,4,13-15H2,1-3H3,(H3,25,26,27,28,29,30,31). The van der Waals surface area contributed by atoms with E-state index in [1.165, 1.54) is 11.8 Å². The van der Waals surface area contributed by atoms with Gasteiger partial charge in [0.25, 0.3) is 0 Å². The molecule has 0 aliphatic heterocycles. The van der Waals surface area contributed by atoms with Crippen LogP contribution in [0.3, 0.4) is 0 Å². The van der Waals surface area contributed by atoms with Crippen molar-refractivity contribution in [2.75, 3.05) is 37.8 Å². The summed E-state index contributed by atoms with van der Waals surface area (Å²) in [5.41, 5.74) is 2.80. The highest BCUT2D eigenvalue weighted by atomic mass is 32.2. The molecular weight excluding hydrogens is 448 g/mol. The number of nitrogens with one attached hydrogen (secondary N) is 3. The summed E-state index contributed by atoms with van der Waals surface area (Å²) in [7, 11) is 4.03. The number of hydrogen-bond donors (Lipinski definition) is 3. The van der Waals surface area contributed by atoms with Gasteiger partial charge < -0.3 is 15.2 Å². The van der Waals surface area contributed by atoms with Crippen molar-refractivity contribution in [1.29, 1.82) is 0 Å². The third-order valence-corrected chi connectivity index (χ3v) is 5.88. The zero-order valence-electron chi connectivity index (χ0n) is 19.5. The van der Waals surface area contributed by atoms with Crippen LogP contribution in [0.25, 0.3) is 11.0 Å². The number of carbonyl (C=O) groups excluding carboxylic acids is 1. The van der Waals surface area contributed by atoms with Crippen molar-refractivity contribution in [2.45, 2.75) is 29.8 Å². The highest BCUT2D eigenvalue weighted by Gasteiger charge is 2.11. The molecule has 2 aromatic heterocycles. The van der Waals surface area contributed by atoms with E-state index in [-0.39, 0.29) is 5.78 Å². The molecule has 2 heterocycles. The third-order valence-electron chi connectivity index (χ3n) is 5.00. The summed E-state index contributed by atoms with van der Waals surface area (Å²) in [5.74, 6) is 1.68. The van der Waals surface area contributed by atoms with Gasteiger partial charge in [-0.15, -0.1) is 0 Å². The van der Waals surface area contributed by atoms with Gasteiger partial charge in [-0.2, -0.15) is 15.0 Å². The monoisotopic (exact) mass is 476 g/mol. The van der Waals surface area contributed by atoms with E-state index in [0.29, 0.717) is 42.4 Å². The van der Waals surface area contributed by atoms with Crippen LogP contribution < -0.4 is 10.6 Å². The lowest BCUT2D eigenvalue weighted by atomic mass is 10.1. The fourth-order valence-electron chi connectivity index (χ4n) is 3.18. The summed E-state index contributed by atoms with van der Waals surface area (Å²) in [6.07, 6.45) is 1.00. The SMILES string of the molecule is CCC(=O)Cc1ccc(Sc2nc(NCCN(C)C)nc(Nc3nc4ccccc4[nH]3)n2)cc1. The van der Waals surface area contributed by atoms with E-state index in [1.807, 2.05) is 69.6 Å². The number of imidazole rings is 1. The molecule has 0 saturated heterocycles. The number of carbonyl (C=O) groups is 1. The predicted molar refractivity (Wildman–Crippen MR) is 136 cm³/mol. The van der Waals surface area contributed by atoms with Gasteiger partial charge in [0, 0.05) is 30.8 Å². The van der Waals surface area contributed by atoms with Crippen LogP contribution in [0.2, 0.25) is 0 Å². The van der Waals surface area contributed by atoms with Gasteiger partial charge in [-0.25, -0.2) is 4.98 Å². The molecule has 4 aromatic rings. The van der Waals surface area contributed by atoms with Gasteiger partial charge >= 0.3 is 0 Å². The number of anilines is 3. The Balaban J connectivity index is 1.54. The maximum atomic E-state index is 11.7. The number of hydrogen-bond acceptors (Lipinski definition) is 9. The van der Waals surface area contributed by atoms with Crippen molar-refractivity contribution in [3.05, 3.63) is 54.1 Å². The molecule has 4 rings (SSSR count). The van der Waals surface area contributed by atoms with Crippen molar-refractivity contribution in [3.8, 4) is 0 Å². The average Bonchev–Trinajstić information content (AvgIpc) is 3.22. The zero-order chi connectivity index (χ0) is 23.9. The highest BCUT2D eigenvalue weighted by molar-refractivity contribution is 7.99. The molecular formula is C24H28N8OS. The van der Waals surface area contributed by atoms with E-state index in [1.54, 1.807) is 0 Å². The summed E-state index contributed by atoms with van der Waals surface area (Å²) in [5, 5.41) is 6.99. The summed E-state index contributed by atoms with van der Waals surface area (Å²) in [6, 6.07) is 15.7. The Morgan fingerprint density at radius 3 is 2.50 bits per heavy atom. The topological polar surface area (TPSA) is 112 Å². The minimum absolute atomic E-state index is 0.229. The molecule has 9 nitrogen and oxygen atoms in total. The minimum atomic E-state index is 0.229. The average molecular weight is 477 g/mol. The number of rotatable bonds is 11. The van der Waals surface area contributed by atoms with Crippen molar-refractivity contribution < 1.29 is 4.79 Å². The van der Waals surface area contributed by atoms with Gasteiger partial charge in [0.2, 0.25) is 17.8 Å². The second-order valence-corrected chi connectivity index (χ2v) is 9.08. The second kappa shape index (κ2) is 11.1. The van der Waals surface area contributed by atoms with Crippen molar-refractivity contribution in [1.82, 2.24) is 29.8 Å². The van der Waals surface area contributed by atoms with Gasteiger partial charge in [0.05, 0.1) is 11.0 Å². The lowest BCUT2D eigenvalue weighted by Crippen LogP contribution is -2.21. The molecule has 0 spiro atoms. The zero-order valence-corrected chi connectivity index (χ0v) is 20.3. The molecule has 0 radical (unpaired) electrons. The molecule has 3 N–H and O–H groups in total. The molecule has 2 aromatic carbocycles. The van der Waals surface area contributed by atoms with Crippen LogP contribution in [-0.4, -0.2) is 62.8 Å². The van der Waals surface area contributed by atoms with E-state index < -0.39 is 0 Å². The fourth-order valence-corrected chi connectivity index (χ4v) is 3.93. The molecule has 0 fully saturated rings. The first-order valence-corrected chi connectivity index (χ1v) is 11.9. The number of ketones is 1. The minimum Gasteiger partial charge on any atom is -0.353 e. The number of nitrogens with zero attached hydrogens (tertiary/aromatic N) is 5. The van der Waals surface area contributed by atoms with Crippen LogP contribution in [0.4, 0.5) is 17.8 Å². The van der Waals surface area contributed by atoms with Crippen molar-refractivity contribution >= 4 is 46.4 Å². The van der Waals surface area contributed by atoms with Crippen LogP contribution in [0.5, 0.6) is 0 Å². The van der Waals surface area contributed by atoms with Crippen LogP contribution in [0.1, 0.15) is 18.9 Å². The molecule has 0 aliphatic rings. The molecule has 0 bridgehead atoms. The Kier molecular flexibility index (Phi) is 7.71. The van der Waals surface area contributed by atoms with E-state index in [2.05, 4.69) is 40.5 Å². The number of fused-ring (bicyclic) bond motifs is 1. The maximum absolute atomic E-state index is 11.7. The third kappa shape index (κ3) is 6.52. The number of aromatic nitrogens is 5. The lowest BCUT2D eigenvalue weighted by Gasteiger charge is -2.12. The predicted octanol–water partition coefficient (Wildman–Crippen LogP) is 4.14. The molecule has 0 atom stereocenters. The number of Topliss-reactive ketones (excluding diaryl/α,β-unsaturated/α-hetero) is 1. The largest absolute Gasteiger partial charge is 0.353 e. The van der Waals surface area contributed by atoms with Gasteiger partial charge in [-0.3, -0.25) is 10.1 Å². The van der Waals surface area contributed by atoms with Crippen LogP contribution >= 0.6 is 11.8 Å². The lowest BCUT2D eigenvalue weighted by molar-refractivity contribution is -0.118. The second-order valence-electron chi connectivity index (χ2n) is 8.04. The number of benzene rings is 2. The first kappa shape index (κ1) is 23.7. The molecule has 0 aliphatic carbocycles. The Morgan fingerprint density at radius 2 is 1.76 bits per heavy atom. The summed E-state index contributed by atoms with van der Waals surface area (Å²) in [6.45, 7) is 3.43. The van der Waals surface area contributed by atoms with Crippen LogP contribution in [0.15, 0.2) is 58.6 Å². The van der Waals surface area contributed by atoms with E-state index in [9.17, 15) is 4.79 Å². The summed E-state index contributed by atoms with van der Waals surface area (Å²) in [4.78, 5) is 36.2. The Labute approximate surface area is 202 Å². The molecule has 176 valence electrons. The van der Waals surface area contributed by atoms with Gasteiger partial charge in [-0.05, 0) is 55.7 Å². The number of likely N-dealkylation sites (N-methyl/N-ethyl adjacent to an activating group) is 1. The van der Waals surface area contributed by atoms with Crippen LogP contribution in [-0.2, 0) is 11.2 Å². The quantitative estimate of drug-likeness (QED) is 0.294. The van der Waals surface area contributed by atoms with E-state index in [0.717, 1.165) is 28.0 Å².